The Hall–Kier alpha value is -3.05. The van der Waals surface area contributed by atoms with Crippen molar-refractivity contribution in [1.29, 1.82) is 0 Å². The number of hydrazine groups is 1. The second kappa shape index (κ2) is 7.02. The van der Waals surface area contributed by atoms with Crippen LogP contribution in [0.2, 0.25) is 0 Å². The molecule has 0 aliphatic heterocycles. The molecule has 0 spiro atoms. The van der Waals surface area contributed by atoms with Gasteiger partial charge in [-0.1, -0.05) is 6.08 Å². The lowest BCUT2D eigenvalue weighted by atomic mass is 10.3. The molecule has 0 saturated heterocycles. The van der Waals surface area contributed by atoms with Gasteiger partial charge in [0.15, 0.2) is 4.90 Å². The Labute approximate surface area is 135 Å². The fourth-order valence-electron chi connectivity index (χ4n) is 1.83. The summed E-state index contributed by atoms with van der Waals surface area (Å²) in [5, 5.41) is 0. The highest BCUT2D eigenvalue weighted by molar-refractivity contribution is 7.89. The van der Waals surface area contributed by atoms with Gasteiger partial charge in [-0.15, -0.1) is 11.4 Å². The molecule has 0 atom stereocenters. The number of carbonyl (C=O) groups is 1. The van der Waals surface area contributed by atoms with Crippen LogP contribution in [0.1, 0.15) is 16.1 Å². The summed E-state index contributed by atoms with van der Waals surface area (Å²) in [7, 11) is -4.42. The van der Waals surface area contributed by atoms with E-state index in [2.05, 4.69) is 16.5 Å². The second-order valence-corrected chi connectivity index (χ2v) is 6.12. The largest absolute Gasteiger partial charge is 0.325 e. The van der Waals surface area contributed by atoms with E-state index in [0.29, 0.717) is 0 Å². The Morgan fingerprint density at radius 2 is 1.92 bits per heavy atom. The van der Waals surface area contributed by atoms with Crippen molar-refractivity contribution in [2.45, 2.75) is 11.3 Å². The average Bonchev–Trinajstić information content (AvgIpc) is 2.53. The Balaban J connectivity index is 2.31. The maximum Gasteiger partial charge on any atom is 0.325 e. The van der Waals surface area contributed by atoms with E-state index in [-0.39, 0.29) is 17.7 Å². The molecule has 10 nitrogen and oxygen atoms in total. The Morgan fingerprint density at radius 1 is 1.25 bits per heavy atom. The van der Waals surface area contributed by atoms with E-state index in [1.54, 1.807) is 0 Å². The van der Waals surface area contributed by atoms with E-state index in [0.717, 1.165) is 0 Å². The number of rotatable bonds is 6. The van der Waals surface area contributed by atoms with Gasteiger partial charge in [-0.05, 0) is 12.1 Å². The van der Waals surface area contributed by atoms with Gasteiger partial charge in [0, 0.05) is 30.1 Å². The number of aromatic nitrogens is 3. The minimum atomic E-state index is -4.42. The minimum absolute atomic E-state index is 0.0618. The zero-order valence-corrected chi connectivity index (χ0v) is 13.0. The zero-order valence-electron chi connectivity index (χ0n) is 12.2. The summed E-state index contributed by atoms with van der Waals surface area (Å²) in [6.45, 7) is 3.43. The van der Waals surface area contributed by atoms with Gasteiger partial charge in [-0.25, -0.2) is 13.2 Å². The van der Waals surface area contributed by atoms with Crippen molar-refractivity contribution in [1.82, 2.24) is 25.2 Å². The summed E-state index contributed by atoms with van der Waals surface area (Å²) in [4.78, 5) is 43.8. The SMILES string of the molecule is C=CCc1[nH]c(=O)[nH]c(=O)c1S(=O)(=O)NNC(=O)c1ccncc1. The summed E-state index contributed by atoms with van der Waals surface area (Å²) in [6.07, 6.45) is 3.98. The summed E-state index contributed by atoms with van der Waals surface area (Å²) >= 11 is 0. The molecule has 1 amide bonds. The lowest BCUT2D eigenvalue weighted by Crippen LogP contribution is -2.44. The van der Waals surface area contributed by atoms with Crippen molar-refractivity contribution in [2.24, 2.45) is 0 Å². The monoisotopic (exact) mass is 351 g/mol. The molecule has 2 rings (SSSR count). The van der Waals surface area contributed by atoms with Gasteiger partial charge in [0.05, 0.1) is 0 Å². The number of hydrogen-bond donors (Lipinski definition) is 4. The maximum absolute atomic E-state index is 12.3. The molecule has 0 aliphatic rings. The predicted molar refractivity (Wildman–Crippen MR) is 83.6 cm³/mol. The molecule has 0 aromatic carbocycles. The molecule has 0 fully saturated rings. The first-order chi connectivity index (χ1) is 11.3. The Morgan fingerprint density at radius 3 is 2.54 bits per heavy atom. The number of allylic oxidation sites excluding steroid dienone is 1. The Kier molecular flexibility index (Phi) is 5.06. The fraction of sp³-hybridized carbons (Fsp3) is 0.0769. The zero-order chi connectivity index (χ0) is 17.7. The number of nitrogens with zero attached hydrogens (tertiary/aromatic N) is 1. The molecule has 0 radical (unpaired) electrons. The third kappa shape index (κ3) is 3.83. The molecule has 0 unspecified atom stereocenters. The Bertz CT molecular complexity index is 978. The molecule has 2 aromatic heterocycles. The summed E-state index contributed by atoms with van der Waals surface area (Å²) in [6, 6.07) is 2.75. The standard InChI is InChI=1S/C13H13N5O5S/c1-2-3-9-10(12(20)16-13(21)15-9)24(22,23)18-17-11(19)8-4-6-14-7-5-8/h2,4-7,18H,1,3H2,(H,17,19)(H2,15,16,20,21). The van der Waals surface area contributed by atoms with Crippen LogP contribution in [0.15, 0.2) is 51.7 Å². The van der Waals surface area contributed by atoms with Crippen LogP contribution in [0, 0.1) is 0 Å². The molecule has 126 valence electrons. The van der Waals surface area contributed by atoms with E-state index < -0.39 is 32.1 Å². The number of nitrogens with one attached hydrogen (secondary N) is 4. The highest BCUT2D eigenvalue weighted by Gasteiger charge is 2.24. The third-order valence-electron chi connectivity index (χ3n) is 2.83. The van der Waals surface area contributed by atoms with Crippen LogP contribution < -0.4 is 21.5 Å². The van der Waals surface area contributed by atoms with Crippen molar-refractivity contribution < 1.29 is 13.2 Å². The van der Waals surface area contributed by atoms with Gasteiger partial charge in [0.2, 0.25) is 0 Å². The number of H-pyrrole nitrogens is 2. The van der Waals surface area contributed by atoms with Crippen LogP contribution in [0.3, 0.4) is 0 Å². The molecule has 0 bridgehead atoms. The molecular weight excluding hydrogens is 338 g/mol. The lowest BCUT2D eigenvalue weighted by molar-refractivity contribution is 0.0945. The topological polar surface area (TPSA) is 154 Å². The number of carbonyl (C=O) groups excluding carboxylic acids is 1. The molecule has 24 heavy (non-hydrogen) atoms. The van der Waals surface area contributed by atoms with Crippen molar-refractivity contribution in [3.05, 3.63) is 69.3 Å². The lowest BCUT2D eigenvalue weighted by Gasteiger charge is -2.10. The number of hydrogen-bond acceptors (Lipinski definition) is 6. The van der Waals surface area contributed by atoms with E-state index in [9.17, 15) is 22.8 Å². The number of amides is 1. The van der Waals surface area contributed by atoms with E-state index in [1.165, 1.54) is 30.6 Å². The van der Waals surface area contributed by atoms with Gasteiger partial charge in [0.25, 0.3) is 21.5 Å². The predicted octanol–water partition coefficient (Wildman–Crippen LogP) is -1.19. The van der Waals surface area contributed by atoms with Gasteiger partial charge in [-0.2, -0.15) is 0 Å². The molecule has 0 saturated carbocycles. The van der Waals surface area contributed by atoms with Gasteiger partial charge in [-0.3, -0.25) is 25.0 Å². The molecular formula is C13H13N5O5S. The van der Waals surface area contributed by atoms with Crippen molar-refractivity contribution >= 4 is 15.9 Å². The molecule has 4 N–H and O–H groups in total. The van der Waals surface area contributed by atoms with E-state index in [1.807, 2.05) is 15.2 Å². The maximum atomic E-state index is 12.3. The van der Waals surface area contributed by atoms with Crippen molar-refractivity contribution in [2.75, 3.05) is 0 Å². The minimum Gasteiger partial charge on any atom is -0.310 e. The van der Waals surface area contributed by atoms with Crippen LogP contribution >= 0.6 is 0 Å². The molecule has 2 aromatic rings. The second-order valence-electron chi connectivity index (χ2n) is 4.50. The van der Waals surface area contributed by atoms with E-state index >= 15 is 0 Å². The summed E-state index contributed by atoms with van der Waals surface area (Å²) in [5.41, 5.74) is 0.0261. The summed E-state index contributed by atoms with van der Waals surface area (Å²) < 4.78 is 24.6. The van der Waals surface area contributed by atoms with Crippen molar-refractivity contribution in [3.8, 4) is 0 Å². The average molecular weight is 351 g/mol. The van der Waals surface area contributed by atoms with Crippen LogP contribution in [0.4, 0.5) is 0 Å². The smallest absolute Gasteiger partial charge is 0.310 e. The molecule has 11 heteroatoms. The first-order valence-electron chi connectivity index (χ1n) is 6.53. The number of sulfonamides is 1. The fourth-order valence-corrected chi connectivity index (χ4v) is 2.92. The van der Waals surface area contributed by atoms with Crippen LogP contribution in [-0.4, -0.2) is 29.3 Å². The highest BCUT2D eigenvalue weighted by Crippen LogP contribution is 2.07. The van der Waals surface area contributed by atoms with Crippen LogP contribution in [-0.2, 0) is 16.4 Å². The number of aromatic amines is 2. The van der Waals surface area contributed by atoms with Gasteiger partial charge in [0.1, 0.15) is 0 Å². The summed E-state index contributed by atoms with van der Waals surface area (Å²) in [5.74, 6) is -0.743. The van der Waals surface area contributed by atoms with Crippen LogP contribution in [0.25, 0.3) is 0 Å². The molecule has 2 heterocycles. The third-order valence-corrected chi connectivity index (χ3v) is 4.17. The normalized spacial score (nSPS) is 11.0. The quantitative estimate of drug-likeness (QED) is 0.379. The van der Waals surface area contributed by atoms with E-state index in [4.69, 9.17) is 0 Å². The van der Waals surface area contributed by atoms with Crippen molar-refractivity contribution in [3.63, 3.8) is 0 Å². The molecule has 0 aliphatic carbocycles. The first kappa shape index (κ1) is 17.3. The van der Waals surface area contributed by atoms with Crippen LogP contribution in [0.5, 0.6) is 0 Å². The number of pyridine rings is 1. The highest BCUT2D eigenvalue weighted by atomic mass is 32.2. The van der Waals surface area contributed by atoms with Gasteiger partial charge >= 0.3 is 5.69 Å². The van der Waals surface area contributed by atoms with Gasteiger partial charge < -0.3 is 4.98 Å². The first-order valence-corrected chi connectivity index (χ1v) is 8.02.